The van der Waals surface area contributed by atoms with Gasteiger partial charge in [-0.05, 0) is 80.5 Å². The number of hydrogen-bond acceptors (Lipinski definition) is 2. The molecule has 4 fully saturated rings. The topological polar surface area (TPSA) is 32.6 Å². The molecule has 2 nitrogen and oxygen atoms in total. The van der Waals surface area contributed by atoms with E-state index in [9.17, 15) is 5.21 Å². The number of rotatable bonds is 0. The fourth-order valence-corrected chi connectivity index (χ4v) is 7.25. The summed E-state index contributed by atoms with van der Waals surface area (Å²) in [6.07, 6.45) is 13.8. The standard InChI is InChI=1S/C19H31NO/c1-18-11-4-3-5-13(18)6-7-14-15-8-9-17(20-21)19(15,2)12-10-16(14)18/h13-16,21H,3-12H2,1-2H3/b20-17+/t13-,14+,15-,16-,18+,19+/m0/s1. The first-order valence-corrected chi connectivity index (χ1v) is 9.31. The average molecular weight is 289 g/mol. The SMILES string of the molecule is C[C@@]12CCCC[C@H]1CC[C@H]1[C@@H]2CC[C@@]2(C)/C(=N/O)CC[C@@H]12. The van der Waals surface area contributed by atoms with Crippen LogP contribution in [0.3, 0.4) is 0 Å². The molecule has 0 saturated heterocycles. The van der Waals surface area contributed by atoms with Gasteiger partial charge in [0, 0.05) is 5.41 Å². The van der Waals surface area contributed by atoms with Crippen molar-refractivity contribution in [3.8, 4) is 0 Å². The van der Waals surface area contributed by atoms with E-state index in [4.69, 9.17) is 0 Å². The van der Waals surface area contributed by atoms with Gasteiger partial charge in [-0.15, -0.1) is 0 Å². The van der Waals surface area contributed by atoms with Crippen molar-refractivity contribution in [2.45, 2.75) is 78.1 Å². The van der Waals surface area contributed by atoms with Gasteiger partial charge in [-0.1, -0.05) is 31.8 Å². The predicted molar refractivity (Wildman–Crippen MR) is 85.6 cm³/mol. The highest BCUT2D eigenvalue weighted by Crippen LogP contribution is 2.65. The molecule has 0 amide bonds. The van der Waals surface area contributed by atoms with E-state index in [1.165, 1.54) is 57.8 Å². The maximum absolute atomic E-state index is 9.39. The van der Waals surface area contributed by atoms with E-state index >= 15 is 0 Å². The number of fused-ring (bicyclic) bond motifs is 5. The van der Waals surface area contributed by atoms with Crippen LogP contribution < -0.4 is 0 Å². The third-order valence-corrected chi connectivity index (χ3v) is 8.44. The zero-order valence-electron chi connectivity index (χ0n) is 13.8. The molecule has 0 heterocycles. The highest BCUT2D eigenvalue weighted by molar-refractivity contribution is 5.91. The molecule has 6 atom stereocenters. The first-order chi connectivity index (χ1) is 10.1. The summed E-state index contributed by atoms with van der Waals surface area (Å²) < 4.78 is 0. The fraction of sp³-hybridized carbons (Fsp3) is 0.947. The van der Waals surface area contributed by atoms with Crippen molar-refractivity contribution in [2.24, 2.45) is 39.7 Å². The molecule has 0 aliphatic heterocycles. The largest absolute Gasteiger partial charge is 0.411 e. The molecule has 118 valence electrons. The molecule has 2 heteroatoms. The molecular formula is C19H31NO. The Bertz CT molecular complexity index is 458. The molecule has 4 rings (SSSR count). The Morgan fingerprint density at radius 1 is 0.952 bits per heavy atom. The highest BCUT2D eigenvalue weighted by atomic mass is 16.4. The Morgan fingerprint density at radius 2 is 1.81 bits per heavy atom. The van der Waals surface area contributed by atoms with Gasteiger partial charge in [0.25, 0.3) is 0 Å². The fourth-order valence-electron chi connectivity index (χ4n) is 7.25. The summed E-state index contributed by atoms with van der Waals surface area (Å²) in [6.45, 7) is 5.03. The number of hydrogen-bond donors (Lipinski definition) is 1. The monoisotopic (exact) mass is 289 g/mol. The van der Waals surface area contributed by atoms with Crippen molar-refractivity contribution in [1.29, 1.82) is 0 Å². The molecule has 0 aromatic heterocycles. The number of oxime groups is 1. The molecule has 0 aromatic rings. The van der Waals surface area contributed by atoms with E-state index in [-0.39, 0.29) is 5.41 Å². The summed E-state index contributed by atoms with van der Waals surface area (Å²) >= 11 is 0. The van der Waals surface area contributed by atoms with E-state index in [0.29, 0.717) is 5.41 Å². The predicted octanol–water partition coefficient (Wildman–Crippen LogP) is 5.25. The maximum atomic E-state index is 9.39. The Labute approximate surface area is 129 Å². The first-order valence-electron chi connectivity index (χ1n) is 9.31. The van der Waals surface area contributed by atoms with E-state index in [1.807, 2.05) is 0 Å². The first kappa shape index (κ1) is 14.1. The second-order valence-corrected chi connectivity index (χ2v) is 8.94. The zero-order valence-corrected chi connectivity index (χ0v) is 13.8. The van der Waals surface area contributed by atoms with Crippen LogP contribution >= 0.6 is 0 Å². The van der Waals surface area contributed by atoms with Crippen LogP contribution in [-0.4, -0.2) is 10.9 Å². The van der Waals surface area contributed by atoms with E-state index < -0.39 is 0 Å². The summed E-state index contributed by atoms with van der Waals surface area (Å²) in [5, 5.41) is 13.1. The molecule has 21 heavy (non-hydrogen) atoms. The van der Waals surface area contributed by atoms with Gasteiger partial charge in [0.05, 0.1) is 5.71 Å². The second kappa shape index (κ2) is 4.73. The molecule has 0 aromatic carbocycles. The second-order valence-electron chi connectivity index (χ2n) is 8.94. The average Bonchev–Trinajstić information content (AvgIpc) is 2.83. The molecular weight excluding hydrogens is 258 g/mol. The van der Waals surface area contributed by atoms with Crippen LogP contribution in [0.2, 0.25) is 0 Å². The van der Waals surface area contributed by atoms with Crippen LogP contribution in [0.25, 0.3) is 0 Å². The Morgan fingerprint density at radius 3 is 2.62 bits per heavy atom. The summed E-state index contributed by atoms with van der Waals surface area (Å²) in [5.41, 5.74) is 1.96. The van der Waals surface area contributed by atoms with Crippen molar-refractivity contribution >= 4 is 5.71 Å². The van der Waals surface area contributed by atoms with Gasteiger partial charge >= 0.3 is 0 Å². The number of nitrogens with zero attached hydrogens (tertiary/aromatic N) is 1. The smallest absolute Gasteiger partial charge is 0.0632 e. The highest BCUT2D eigenvalue weighted by Gasteiger charge is 2.59. The van der Waals surface area contributed by atoms with Gasteiger partial charge in [-0.3, -0.25) is 0 Å². The molecule has 0 unspecified atom stereocenters. The van der Waals surface area contributed by atoms with Crippen molar-refractivity contribution in [1.82, 2.24) is 0 Å². The van der Waals surface area contributed by atoms with Gasteiger partial charge in [0.2, 0.25) is 0 Å². The van der Waals surface area contributed by atoms with Crippen molar-refractivity contribution in [3.63, 3.8) is 0 Å². The molecule has 1 N–H and O–H groups in total. The molecule has 4 aliphatic carbocycles. The van der Waals surface area contributed by atoms with Crippen LogP contribution in [-0.2, 0) is 0 Å². The zero-order chi connectivity index (χ0) is 14.7. The normalized spacial score (nSPS) is 54.9. The minimum atomic E-state index is 0.216. The van der Waals surface area contributed by atoms with E-state index in [2.05, 4.69) is 19.0 Å². The van der Waals surface area contributed by atoms with Crippen LogP contribution in [0.5, 0.6) is 0 Å². The summed E-state index contributed by atoms with van der Waals surface area (Å²) in [5.74, 6) is 3.65. The molecule has 0 radical (unpaired) electrons. The van der Waals surface area contributed by atoms with Gasteiger partial charge < -0.3 is 5.21 Å². The van der Waals surface area contributed by atoms with Gasteiger partial charge in [0.1, 0.15) is 0 Å². The summed E-state index contributed by atoms with van der Waals surface area (Å²) in [6, 6.07) is 0. The molecule has 0 spiro atoms. The van der Waals surface area contributed by atoms with Crippen LogP contribution in [0.1, 0.15) is 78.1 Å². The lowest BCUT2D eigenvalue weighted by molar-refractivity contribution is -0.0938. The van der Waals surface area contributed by atoms with Crippen LogP contribution in [0.15, 0.2) is 5.16 Å². The Balaban J connectivity index is 1.66. The Kier molecular flexibility index (Phi) is 3.17. The minimum absolute atomic E-state index is 0.216. The lowest BCUT2D eigenvalue weighted by Crippen LogP contribution is -2.52. The third kappa shape index (κ3) is 1.80. The lowest BCUT2D eigenvalue weighted by Gasteiger charge is -2.59. The molecule has 4 saturated carbocycles. The van der Waals surface area contributed by atoms with Crippen molar-refractivity contribution in [2.75, 3.05) is 0 Å². The van der Waals surface area contributed by atoms with Gasteiger partial charge in [-0.25, -0.2) is 0 Å². The van der Waals surface area contributed by atoms with Crippen LogP contribution in [0, 0.1) is 34.5 Å². The maximum Gasteiger partial charge on any atom is 0.0632 e. The Hall–Kier alpha value is -0.530. The van der Waals surface area contributed by atoms with Gasteiger partial charge in [0.15, 0.2) is 0 Å². The minimum Gasteiger partial charge on any atom is -0.411 e. The summed E-state index contributed by atoms with van der Waals surface area (Å²) in [7, 11) is 0. The quantitative estimate of drug-likeness (QED) is 0.479. The van der Waals surface area contributed by atoms with Crippen LogP contribution in [0.4, 0.5) is 0 Å². The van der Waals surface area contributed by atoms with E-state index in [1.54, 1.807) is 0 Å². The molecule has 4 aliphatic rings. The molecule has 0 bridgehead atoms. The lowest BCUT2D eigenvalue weighted by atomic mass is 9.45. The van der Waals surface area contributed by atoms with E-state index in [0.717, 1.165) is 35.8 Å². The third-order valence-electron chi connectivity index (χ3n) is 8.44. The summed E-state index contributed by atoms with van der Waals surface area (Å²) in [4.78, 5) is 0. The van der Waals surface area contributed by atoms with Crippen molar-refractivity contribution < 1.29 is 5.21 Å². The van der Waals surface area contributed by atoms with Gasteiger partial charge in [-0.2, -0.15) is 0 Å². The van der Waals surface area contributed by atoms with Crippen molar-refractivity contribution in [3.05, 3.63) is 0 Å².